The van der Waals surface area contributed by atoms with Crippen molar-refractivity contribution in [2.24, 2.45) is 0 Å². The van der Waals surface area contributed by atoms with E-state index in [1.807, 2.05) is 13.0 Å². The summed E-state index contributed by atoms with van der Waals surface area (Å²) in [6.45, 7) is 8.71. The average molecular weight is 602 g/mol. The number of halogens is 3. The van der Waals surface area contributed by atoms with E-state index in [1.165, 1.54) is 6.07 Å². The summed E-state index contributed by atoms with van der Waals surface area (Å²) >= 11 is 12.5. The van der Waals surface area contributed by atoms with E-state index in [4.69, 9.17) is 23.2 Å². The fourth-order valence-corrected chi connectivity index (χ4v) is 5.53. The van der Waals surface area contributed by atoms with Gasteiger partial charge in [0.1, 0.15) is 5.91 Å². The summed E-state index contributed by atoms with van der Waals surface area (Å²) in [5.41, 5.74) is 2.03. The average Bonchev–Trinajstić information content (AvgIpc) is 2.87. The summed E-state index contributed by atoms with van der Waals surface area (Å²) < 4.78 is 14.7. The van der Waals surface area contributed by atoms with E-state index in [0.29, 0.717) is 42.6 Å². The van der Waals surface area contributed by atoms with Crippen LogP contribution < -0.4 is 62.0 Å². The molecule has 8 nitrogen and oxygen atoms in total. The van der Waals surface area contributed by atoms with Crippen LogP contribution >= 0.6 is 23.2 Å². The van der Waals surface area contributed by atoms with E-state index < -0.39 is 11.7 Å². The maximum atomic E-state index is 14.7. The van der Waals surface area contributed by atoms with Crippen molar-refractivity contribution in [1.29, 1.82) is 0 Å². The van der Waals surface area contributed by atoms with Crippen LogP contribution in [-0.2, 0) is 16.0 Å². The smallest absolute Gasteiger partial charge is 0.541 e. The van der Waals surface area contributed by atoms with Crippen LogP contribution in [-0.4, -0.2) is 78.2 Å². The topological polar surface area (TPSA) is 85.0 Å². The molecule has 0 spiro atoms. The molecule has 0 aromatic heterocycles. The number of benzene rings is 2. The van der Waals surface area contributed by atoms with Crippen LogP contribution in [0.3, 0.4) is 0 Å². The largest absolute Gasteiger partial charge is 1.00 e. The van der Waals surface area contributed by atoms with Gasteiger partial charge in [0, 0.05) is 49.7 Å². The molecule has 0 radical (unpaired) electrons. The van der Waals surface area contributed by atoms with Crippen molar-refractivity contribution in [2.45, 2.75) is 26.3 Å². The van der Waals surface area contributed by atoms with Crippen molar-refractivity contribution in [3.8, 4) is 0 Å². The third kappa shape index (κ3) is 8.16. The summed E-state index contributed by atoms with van der Waals surface area (Å²) in [6, 6.07) is 8.49. The van der Waals surface area contributed by atoms with Crippen molar-refractivity contribution >= 4 is 46.6 Å². The van der Waals surface area contributed by atoms with E-state index in [0.717, 1.165) is 30.3 Å². The number of nitrogens with zero attached hydrogens (tertiary/aromatic N) is 3. The second kappa shape index (κ2) is 14.6. The van der Waals surface area contributed by atoms with Gasteiger partial charge < -0.3 is 30.1 Å². The molecule has 12 heteroatoms. The summed E-state index contributed by atoms with van der Waals surface area (Å²) in [4.78, 5) is 42.4. The van der Waals surface area contributed by atoms with Gasteiger partial charge >= 0.3 is 51.4 Å². The van der Waals surface area contributed by atoms with Crippen LogP contribution in [0.15, 0.2) is 24.3 Å². The summed E-state index contributed by atoms with van der Waals surface area (Å²) in [6.07, 6.45) is 0.628. The Morgan fingerprint density at radius 3 is 2.51 bits per heavy atom. The molecule has 0 saturated carbocycles. The molecule has 4 rings (SSSR count). The molecule has 2 aromatic carbocycles. The molecule has 1 atom stereocenters. The Labute approximate surface area is 281 Å². The van der Waals surface area contributed by atoms with Crippen molar-refractivity contribution < 1.29 is 70.2 Å². The number of amides is 3. The van der Waals surface area contributed by atoms with E-state index in [1.54, 1.807) is 29.3 Å². The number of rotatable bonds is 7. The van der Waals surface area contributed by atoms with Crippen LogP contribution in [0.5, 0.6) is 0 Å². The molecular formula is C27H30Cl2FKN5O3-. The summed E-state index contributed by atoms with van der Waals surface area (Å²) in [5, 5.41) is 6.56. The quantitative estimate of drug-likeness (QED) is 0.358. The summed E-state index contributed by atoms with van der Waals surface area (Å²) in [5.74, 6) is -1.28. The molecule has 2 aromatic rings. The molecule has 1 saturated heterocycles. The standard InChI is InChI=1S/C27H30Cl2FN5O3.K/c1-17-26-19(13-21(28)15-22(26)29)5-7-35(17)25(37)16-32-24-4-3-20(14-23(24)30)27(38)31-6-8-33-9-11-34(12-10-33)18(2)36;/h4,6,13-15,17,32H,5,7-12,16H2,1-2H3,(H,31,38);/q-2;+1. The number of hydrogen-bond donors (Lipinski definition) is 2. The van der Waals surface area contributed by atoms with Gasteiger partial charge in [-0.25, -0.2) is 10.9 Å². The predicted molar refractivity (Wildman–Crippen MR) is 144 cm³/mol. The van der Waals surface area contributed by atoms with Crippen molar-refractivity contribution in [3.63, 3.8) is 0 Å². The van der Waals surface area contributed by atoms with Crippen LogP contribution in [0.4, 0.5) is 10.1 Å². The Kier molecular flexibility index (Phi) is 12.1. The second-order valence-electron chi connectivity index (χ2n) is 9.42. The third-order valence-electron chi connectivity index (χ3n) is 6.98. The molecule has 2 N–H and O–H groups in total. The van der Waals surface area contributed by atoms with Crippen molar-refractivity contribution in [1.82, 2.24) is 20.0 Å². The van der Waals surface area contributed by atoms with Gasteiger partial charge in [0.15, 0.2) is 0 Å². The van der Waals surface area contributed by atoms with Gasteiger partial charge in [-0.05, 0) is 42.3 Å². The molecule has 1 unspecified atom stereocenters. The summed E-state index contributed by atoms with van der Waals surface area (Å²) in [7, 11) is 0. The van der Waals surface area contributed by atoms with Gasteiger partial charge in [-0.15, -0.1) is 24.7 Å². The van der Waals surface area contributed by atoms with E-state index in [2.05, 4.69) is 21.6 Å². The van der Waals surface area contributed by atoms with Crippen LogP contribution in [0.2, 0.25) is 10.0 Å². The number of hydrogen-bond acceptors (Lipinski definition) is 5. The number of nitrogens with one attached hydrogen (secondary N) is 2. The minimum absolute atomic E-state index is 0. The number of piperazine rings is 1. The van der Waals surface area contributed by atoms with Gasteiger partial charge in [-0.1, -0.05) is 28.8 Å². The van der Waals surface area contributed by atoms with Gasteiger partial charge in [0.25, 0.3) is 0 Å². The SMILES string of the molecule is CC(=O)N1CCN(C[CH-]NC(=O)c2[c-]cc(NCC(=O)N3CCc4cc(Cl)cc(Cl)c4C3C)c(F)c2)CC1.[K+]. The van der Waals surface area contributed by atoms with Gasteiger partial charge in [-0.2, -0.15) is 0 Å². The maximum Gasteiger partial charge on any atom is 1.00 e. The van der Waals surface area contributed by atoms with Gasteiger partial charge in [-0.3, -0.25) is 9.59 Å². The second-order valence-corrected chi connectivity index (χ2v) is 10.3. The molecule has 0 aliphatic carbocycles. The fraction of sp³-hybridized carbons (Fsp3) is 0.407. The number of anilines is 1. The first-order chi connectivity index (χ1) is 18.1. The van der Waals surface area contributed by atoms with E-state index in [-0.39, 0.29) is 87.0 Å². The Morgan fingerprint density at radius 2 is 1.85 bits per heavy atom. The Bertz CT molecular complexity index is 1230. The van der Waals surface area contributed by atoms with Crippen molar-refractivity contribution in [3.05, 3.63) is 69.4 Å². The zero-order valence-corrected chi connectivity index (χ0v) is 27.0. The number of carbonyl (C=O) groups excluding carboxylic acids is 3. The fourth-order valence-electron chi connectivity index (χ4n) is 4.84. The Morgan fingerprint density at radius 1 is 1.13 bits per heavy atom. The third-order valence-corrected chi connectivity index (χ3v) is 7.51. The Balaban J connectivity index is 0.00000420. The zero-order chi connectivity index (χ0) is 27.4. The first-order valence-corrected chi connectivity index (χ1v) is 13.2. The van der Waals surface area contributed by atoms with Gasteiger partial charge in [0.2, 0.25) is 11.8 Å². The molecule has 2 aliphatic heterocycles. The van der Waals surface area contributed by atoms with E-state index in [9.17, 15) is 18.8 Å². The van der Waals surface area contributed by atoms with Crippen LogP contribution in [0, 0.1) is 18.4 Å². The predicted octanol–water partition coefficient (Wildman–Crippen LogP) is 0.550. The minimum Gasteiger partial charge on any atom is -0.541 e. The molecule has 39 heavy (non-hydrogen) atoms. The number of fused-ring (bicyclic) bond motifs is 1. The minimum atomic E-state index is -0.656. The molecular weight excluding hydrogens is 571 g/mol. The molecule has 3 amide bonds. The normalized spacial score (nSPS) is 17.2. The van der Waals surface area contributed by atoms with Gasteiger partial charge in [0.05, 0.1) is 18.4 Å². The van der Waals surface area contributed by atoms with Crippen molar-refractivity contribution in [2.75, 3.05) is 51.1 Å². The Hall–Kier alpha value is -1.24. The van der Waals surface area contributed by atoms with E-state index >= 15 is 0 Å². The zero-order valence-electron chi connectivity index (χ0n) is 22.3. The van der Waals surface area contributed by atoms with Crippen LogP contribution in [0.25, 0.3) is 0 Å². The molecule has 204 valence electrons. The molecule has 0 bridgehead atoms. The monoisotopic (exact) mass is 600 g/mol. The maximum absolute atomic E-state index is 14.7. The van der Waals surface area contributed by atoms with Crippen LogP contribution in [0.1, 0.15) is 41.4 Å². The first kappa shape index (κ1) is 32.3. The first-order valence-electron chi connectivity index (χ1n) is 12.5. The molecule has 2 aliphatic rings. The number of carbonyl (C=O) groups is 3. The molecule has 1 fully saturated rings. The molecule has 2 heterocycles.